The van der Waals surface area contributed by atoms with Gasteiger partial charge in [0, 0.05) is 18.2 Å². The van der Waals surface area contributed by atoms with Gasteiger partial charge in [-0.15, -0.1) is 0 Å². The van der Waals surface area contributed by atoms with Gasteiger partial charge in [0.15, 0.2) is 4.67 Å². The van der Waals surface area contributed by atoms with Crippen molar-refractivity contribution in [2.24, 2.45) is 0 Å². The van der Waals surface area contributed by atoms with Crippen molar-refractivity contribution in [1.29, 1.82) is 0 Å². The van der Waals surface area contributed by atoms with E-state index in [9.17, 15) is 4.79 Å². The van der Waals surface area contributed by atoms with Crippen molar-refractivity contribution < 1.29 is 9.21 Å². The van der Waals surface area contributed by atoms with Gasteiger partial charge in [-0.2, -0.15) is 0 Å². The molecule has 1 aliphatic rings. The Bertz CT molecular complexity index is 378. The molecule has 0 radical (unpaired) electrons. The van der Waals surface area contributed by atoms with Crippen molar-refractivity contribution in [1.82, 2.24) is 10.6 Å². The number of hydrogen-bond donors (Lipinski definition) is 2. The van der Waals surface area contributed by atoms with E-state index in [1.807, 2.05) is 0 Å². The Morgan fingerprint density at radius 2 is 2.50 bits per heavy atom. The first-order valence-electron chi connectivity index (χ1n) is 5.43. The zero-order valence-corrected chi connectivity index (χ0v) is 10.7. The molecule has 1 amide bonds. The third-order valence-corrected chi connectivity index (χ3v) is 3.20. The molecule has 1 saturated heterocycles. The summed E-state index contributed by atoms with van der Waals surface area (Å²) < 4.78 is 5.62. The van der Waals surface area contributed by atoms with Gasteiger partial charge >= 0.3 is 0 Å². The number of carbonyl (C=O) groups is 1. The van der Waals surface area contributed by atoms with Crippen molar-refractivity contribution >= 4 is 21.8 Å². The topological polar surface area (TPSA) is 54.3 Å². The van der Waals surface area contributed by atoms with Crippen molar-refractivity contribution in [2.45, 2.75) is 31.8 Å². The van der Waals surface area contributed by atoms with Crippen molar-refractivity contribution in [2.75, 3.05) is 6.54 Å². The highest BCUT2D eigenvalue weighted by Gasteiger charge is 2.20. The van der Waals surface area contributed by atoms with Crippen molar-refractivity contribution in [3.8, 4) is 0 Å². The van der Waals surface area contributed by atoms with Crippen LogP contribution in [0, 0.1) is 0 Å². The first kappa shape index (κ1) is 11.7. The lowest BCUT2D eigenvalue weighted by atomic mass is 10.0. The maximum Gasteiger partial charge on any atom is 0.254 e. The maximum absolute atomic E-state index is 11.8. The number of nitrogens with one attached hydrogen (secondary N) is 2. The van der Waals surface area contributed by atoms with Crippen LogP contribution < -0.4 is 10.6 Å². The summed E-state index contributed by atoms with van der Waals surface area (Å²) in [5, 5.41) is 6.37. The van der Waals surface area contributed by atoms with Crippen LogP contribution >= 0.6 is 15.9 Å². The first-order chi connectivity index (χ1) is 7.65. The van der Waals surface area contributed by atoms with Crippen LogP contribution in [0.5, 0.6) is 0 Å². The lowest BCUT2D eigenvalue weighted by molar-refractivity contribution is 0.0925. The van der Waals surface area contributed by atoms with E-state index >= 15 is 0 Å². The molecule has 0 bridgehead atoms. The van der Waals surface area contributed by atoms with Crippen LogP contribution in [0.4, 0.5) is 0 Å². The summed E-state index contributed by atoms with van der Waals surface area (Å²) in [6, 6.07) is 2.41. The van der Waals surface area contributed by atoms with Gasteiger partial charge < -0.3 is 15.1 Å². The van der Waals surface area contributed by atoms with Crippen LogP contribution in [-0.4, -0.2) is 24.5 Å². The number of piperidine rings is 1. The minimum Gasteiger partial charge on any atom is -0.457 e. The number of amides is 1. The Kier molecular flexibility index (Phi) is 3.66. The molecule has 2 atom stereocenters. The fraction of sp³-hybridized carbons (Fsp3) is 0.545. The summed E-state index contributed by atoms with van der Waals surface area (Å²) >= 11 is 3.18. The molecule has 5 heteroatoms. The van der Waals surface area contributed by atoms with Crippen molar-refractivity contribution in [3.05, 3.63) is 22.6 Å². The summed E-state index contributed by atoms with van der Waals surface area (Å²) in [5.74, 6) is -0.0615. The first-order valence-corrected chi connectivity index (χ1v) is 6.22. The summed E-state index contributed by atoms with van der Waals surface area (Å²) in [6.45, 7) is 3.09. The zero-order valence-electron chi connectivity index (χ0n) is 9.13. The number of hydrogen-bond acceptors (Lipinski definition) is 3. The van der Waals surface area contributed by atoms with Crippen LogP contribution in [0.15, 0.2) is 21.4 Å². The van der Waals surface area contributed by atoms with Gasteiger partial charge in [-0.1, -0.05) is 0 Å². The molecular weight excluding hydrogens is 272 g/mol. The van der Waals surface area contributed by atoms with Crippen molar-refractivity contribution in [3.63, 3.8) is 0 Å². The molecule has 1 aromatic heterocycles. The van der Waals surface area contributed by atoms with Gasteiger partial charge in [-0.3, -0.25) is 4.79 Å². The molecule has 0 aromatic carbocycles. The van der Waals surface area contributed by atoms with Crippen LogP contribution in [0.3, 0.4) is 0 Å². The number of furan rings is 1. The van der Waals surface area contributed by atoms with Crippen LogP contribution in [0.2, 0.25) is 0 Å². The molecule has 0 aliphatic carbocycles. The molecule has 2 heterocycles. The number of rotatable bonds is 2. The molecule has 2 unspecified atom stereocenters. The van der Waals surface area contributed by atoms with Crippen LogP contribution in [-0.2, 0) is 0 Å². The number of carbonyl (C=O) groups excluding carboxylic acids is 1. The van der Waals surface area contributed by atoms with Gasteiger partial charge in [0.1, 0.15) is 6.26 Å². The normalized spacial score (nSPS) is 25.4. The molecule has 1 aromatic rings. The average Bonchev–Trinajstić information content (AvgIpc) is 2.65. The van der Waals surface area contributed by atoms with Crippen LogP contribution in [0.1, 0.15) is 30.1 Å². The Balaban J connectivity index is 1.92. The molecule has 88 valence electrons. The smallest absolute Gasteiger partial charge is 0.254 e. The van der Waals surface area contributed by atoms with E-state index in [0.29, 0.717) is 16.3 Å². The lowest BCUT2D eigenvalue weighted by Crippen LogP contribution is -2.46. The minimum atomic E-state index is -0.0615. The Hall–Kier alpha value is -0.810. The second-order valence-electron chi connectivity index (χ2n) is 4.19. The quantitative estimate of drug-likeness (QED) is 0.873. The van der Waals surface area contributed by atoms with Gasteiger partial charge in [0.05, 0.1) is 5.56 Å². The Morgan fingerprint density at radius 1 is 1.69 bits per heavy atom. The highest BCUT2D eigenvalue weighted by atomic mass is 79.9. The third kappa shape index (κ3) is 2.86. The predicted molar refractivity (Wildman–Crippen MR) is 64.4 cm³/mol. The molecule has 4 nitrogen and oxygen atoms in total. The SMILES string of the molecule is CC1CC(NC(=O)c2coc(Br)c2)CCN1. The predicted octanol–water partition coefficient (Wildman–Crippen LogP) is 1.91. The summed E-state index contributed by atoms with van der Waals surface area (Å²) in [5.41, 5.74) is 0.568. The van der Waals surface area contributed by atoms with E-state index in [2.05, 4.69) is 33.5 Å². The van der Waals surface area contributed by atoms with E-state index < -0.39 is 0 Å². The average molecular weight is 287 g/mol. The summed E-state index contributed by atoms with van der Waals surface area (Å²) in [7, 11) is 0. The fourth-order valence-corrected chi connectivity index (χ4v) is 2.30. The Labute approximate surface area is 103 Å². The largest absolute Gasteiger partial charge is 0.457 e. The van der Waals surface area contributed by atoms with E-state index in [4.69, 9.17) is 4.42 Å². The van der Waals surface area contributed by atoms with Gasteiger partial charge in [0.25, 0.3) is 5.91 Å². The molecule has 16 heavy (non-hydrogen) atoms. The standard InChI is InChI=1S/C11H15BrN2O2/c1-7-4-9(2-3-13-7)14-11(15)8-5-10(12)16-6-8/h5-7,9,13H,2-4H2,1H3,(H,14,15). The van der Waals surface area contributed by atoms with Gasteiger partial charge in [0.2, 0.25) is 0 Å². The molecule has 1 fully saturated rings. The monoisotopic (exact) mass is 286 g/mol. The zero-order chi connectivity index (χ0) is 11.5. The molecule has 1 aliphatic heterocycles. The third-order valence-electron chi connectivity index (χ3n) is 2.79. The second-order valence-corrected chi connectivity index (χ2v) is 4.97. The second kappa shape index (κ2) is 5.01. The van der Waals surface area contributed by atoms with E-state index in [-0.39, 0.29) is 11.9 Å². The minimum absolute atomic E-state index is 0.0615. The maximum atomic E-state index is 11.8. The fourth-order valence-electron chi connectivity index (χ4n) is 1.96. The molecule has 2 N–H and O–H groups in total. The molecular formula is C11H15BrN2O2. The molecule has 0 saturated carbocycles. The summed E-state index contributed by atoms with van der Waals surface area (Å²) in [4.78, 5) is 11.8. The van der Waals surface area contributed by atoms with E-state index in [0.717, 1.165) is 19.4 Å². The van der Waals surface area contributed by atoms with E-state index in [1.165, 1.54) is 6.26 Å². The number of halogens is 1. The van der Waals surface area contributed by atoms with Crippen LogP contribution in [0.25, 0.3) is 0 Å². The molecule has 2 rings (SSSR count). The Morgan fingerprint density at radius 3 is 3.12 bits per heavy atom. The van der Waals surface area contributed by atoms with Gasteiger partial charge in [-0.25, -0.2) is 0 Å². The lowest BCUT2D eigenvalue weighted by Gasteiger charge is -2.28. The highest BCUT2D eigenvalue weighted by Crippen LogP contribution is 2.15. The summed E-state index contributed by atoms with van der Waals surface area (Å²) in [6.07, 6.45) is 3.42. The van der Waals surface area contributed by atoms with Gasteiger partial charge in [-0.05, 0) is 42.2 Å². The highest BCUT2D eigenvalue weighted by molar-refractivity contribution is 9.10. The van der Waals surface area contributed by atoms with E-state index in [1.54, 1.807) is 6.07 Å². The molecule has 0 spiro atoms.